The van der Waals surface area contributed by atoms with E-state index >= 15 is 0 Å². The second kappa shape index (κ2) is 7.57. The van der Waals surface area contributed by atoms with Crippen LogP contribution in [0.2, 0.25) is 5.02 Å². The number of hydrogen-bond acceptors (Lipinski definition) is 5. The van der Waals surface area contributed by atoms with Gasteiger partial charge in [0.25, 0.3) is 5.91 Å². The molecular weight excluding hydrogens is 370 g/mol. The van der Waals surface area contributed by atoms with Crippen molar-refractivity contribution in [2.24, 2.45) is 0 Å². The lowest BCUT2D eigenvalue weighted by atomic mass is 9.97. The van der Waals surface area contributed by atoms with Gasteiger partial charge in [0.05, 0.1) is 5.69 Å². The summed E-state index contributed by atoms with van der Waals surface area (Å²) in [4.78, 5) is 18.0. The first-order valence-corrected chi connectivity index (χ1v) is 9.68. The van der Waals surface area contributed by atoms with Crippen molar-refractivity contribution in [2.45, 2.75) is 18.8 Å². The van der Waals surface area contributed by atoms with Crippen molar-refractivity contribution in [1.29, 1.82) is 0 Å². The van der Waals surface area contributed by atoms with Crippen LogP contribution in [0.25, 0.3) is 5.69 Å². The van der Waals surface area contributed by atoms with E-state index in [1.165, 1.54) is 4.88 Å². The van der Waals surface area contributed by atoms with Gasteiger partial charge in [0.15, 0.2) is 10.8 Å². The third kappa shape index (κ3) is 3.80. The van der Waals surface area contributed by atoms with Gasteiger partial charge in [0, 0.05) is 22.3 Å². The standard InChI is InChI=1S/C18H18ClN5OS/c19-13-1-3-14(4-2-13)24-10-7-15(23-24)17(25)22-18-21-11-16(26-18)12-5-8-20-9-6-12/h1-4,7,10-12,20H,5-6,8-9H2,(H,21,22,25). The Morgan fingerprint density at radius 1 is 1.23 bits per heavy atom. The molecule has 134 valence electrons. The van der Waals surface area contributed by atoms with Crippen LogP contribution >= 0.6 is 22.9 Å². The number of carbonyl (C=O) groups is 1. The number of aromatic nitrogens is 3. The molecule has 2 aromatic heterocycles. The average Bonchev–Trinajstić information content (AvgIpc) is 3.33. The number of thiazole rings is 1. The number of carbonyl (C=O) groups excluding carboxylic acids is 1. The molecule has 0 bridgehead atoms. The van der Waals surface area contributed by atoms with Gasteiger partial charge in [0.2, 0.25) is 0 Å². The summed E-state index contributed by atoms with van der Waals surface area (Å²) < 4.78 is 1.65. The minimum atomic E-state index is -0.260. The van der Waals surface area contributed by atoms with Crippen LogP contribution in [0.4, 0.5) is 5.13 Å². The molecule has 0 unspecified atom stereocenters. The fraction of sp³-hybridized carbons (Fsp3) is 0.278. The molecule has 2 N–H and O–H groups in total. The topological polar surface area (TPSA) is 71.8 Å². The van der Waals surface area contributed by atoms with Gasteiger partial charge >= 0.3 is 0 Å². The fourth-order valence-corrected chi connectivity index (χ4v) is 4.09. The molecule has 26 heavy (non-hydrogen) atoms. The van der Waals surface area contributed by atoms with Crippen LogP contribution in [0.1, 0.15) is 34.1 Å². The molecular formula is C18H18ClN5OS. The maximum Gasteiger partial charge on any atom is 0.277 e. The Balaban J connectivity index is 1.44. The first-order valence-electron chi connectivity index (χ1n) is 8.48. The Bertz CT molecular complexity index is 898. The Labute approximate surface area is 160 Å². The smallest absolute Gasteiger partial charge is 0.277 e. The molecule has 1 saturated heterocycles. The zero-order valence-electron chi connectivity index (χ0n) is 14.0. The molecule has 1 aromatic carbocycles. The normalized spacial score (nSPS) is 15.1. The Morgan fingerprint density at radius 3 is 2.77 bits per heavy atom. The third-order valence-corrected chi connectivity index (χ3v) is 5.73. The van der Waals surface area contributed by atoms with Crippen molar-refractivity contribution in [3.05, 3.63) is 58.3 Å². The lowest BCUT2D eigenvalue weighted by molar-refractivity contribution is 0.102. The summed E-state index contributed by atoms with van der Waals surface area (Å²) in [6.07, 6.45) is 5.85. The predicted molar refractivity (Wildman–Crippen MR) is 103 cm³/mol. The van der Waals surface area contributed by atoms with Gasteiger partial charge in [-0.3, -0.25) is 10.1 Å². The van der Waals surface area contributed by atoms with Crippen molar-refractivity contribution in [2.75, 3.05) is 18.4 Å². The molecule has 0 atom stereocenters. The Kier molecular flexibility index (Phi) is 5.01. The Hall–Kier alpha value is -2.22. The highest BCUT2D eigenvalue weighted by atomic mass is 35.5. The molecule has 6 nitrogen and oxygen atoms in total. The first kappa shape index (κ1) is 17.2. The molecule has 3 heterocycles. The number of nitrogens with one attached hydrogen (secondary N) is 2. The number of halogens is 1. The summed E-state index contributed by atoms with van der Waals surface area (Å²) >= 11 is 7.45. The van der Waals surface area contributed by atoms with E-state index in [4.69, 9.17) is 11.6 Å². The van der Waals surface area contributed by atoms with Crippen LogP contribution in [0.15, 0.2) is 42.7 Å². The molecule has 4 rings (SSSR count). The van der Waals surface area contributed by atoms with E-state index in [0.29, 0.717) is 21.8 Å². The minimum Gasteiger partial charge on any atom is -0.317 e. The molecule has 0 saturated carbocycles. The lowest BCUT2D eigenvalue weighted by Crippen LogP contribution is -2.26. The number of benzene rings is 1. The van der Waals surface area contributed by atoms with Gasteiger partial charge < -0.3 is 5.32 Å². The molecule has 1 aliphatic heterocycles. The lowest BCUT2D eigenvalue weighted by Gasteiger charge is -2.20. The van der Waals surface area contributed by atoms with Gasteiger partial charge in [-0.2, -0.15) is 5.10 Å². The highest BCUT2D eigenvalue weighted by Crippen LogP contribution is 2.31. The number of anilines is 1. The van der Waals surface area contributed by atoms with E-state index in [0.717, 1.165) is 31.6 Å². The summed E-state index contributed by atoms with van der Waals surface area (Å²) in [5, 5.41) is 11.8. The largest absolute Gasteiger partial charge is 0.317 e. The quantitative estimate of drug-likeness (QED) is 0.716. The van der Waals surface area contributed by atoms with E-state index in [-0.39, 0.29) is 5.91 Å². The SMILES string of the molecule is O=C(Nc1ncc(C2CCNCC2)s1)c1ccn(-c2ccc(Cl)cc2)n1. The van der Waals surface area contributed by atoms with Crippen LogP contribution in [0, 0.1) is 0 Å². The number of rotatable bonds is 4. The zero-order chi connectivity index (χ0) is 17.9. The van der Waals surface area contributed by atoms with E-state index in [1.807, 2.05) is 18.3 Å². The second-order valence-corrected chi connectivity index (χ2v) is 7.67. The summed E-state index contributed by atoms with van der Waals surface area (Å²) in [6, 6.07) is 8.96. The maximum absolute atomic E-state index is 12.4. The second-order valence-electron chi connectivity index (χ2n) is 6.17. The molecule has 1 amide bonds. The number of amides is 1. The predicted octanol–water partition coefficient (Wildman–Crippen LogP) is 3.70. The molecule has 1 aliphatic rings. The van der Waals surface area contributed by atoms with Crippen LogP contribution in [-0.2, 0) is 0 Å². The van der Waals surface area contributed by atoms with Gasteiger partial charge in [0.1, 0.15) is 0 Å². The molecule has 0 radical (unpaired) electrons. The molecule has 3 aromatic rings. The van der Waals surface area contributed by atoms with Crippen molar-refractivity contribution in [1.82, 2.24) is 20.1 Å². The third-order valence-electron chi connectivity index (χ3n) is 4.40. The zero-order valence-corrected chi connectivity index (χ0v) is 15.6. The van der Waals surface area contributed by atoms with Crippen LogP contribution in [-0.4, -0.2) is 33.8 Å². The first-order chi connectivity index (χ1) is 12.7. The summed E-state index contributed by atoms with van der Waals surface area (Å²) in [5.74, 6) is 0.271. The summed E-state index contributed by atoms with van der Waals surface area (Å²) in [5.41, 5.74) is 1.19. The van der Waals surface area contributed by atoms with Gasteiger partial charge in [-0.15, -0.1) is 11.3 Å². The monoisotopic (exact) mass is 387 g/mol. The Morgan fingerprint density at radius 2 is 2.00 bits per heavy atom. The molecule has 0 spiro atoms. The van der Waals surface area contributed by atoms with Crippen molar-refractivity contribution < 1.29 is 4.79 Å². The molecule has 8 heteroatoms. The number of piperidine rings is 1. The van der Waals surface area contributed by atoms with E-state index in [2.05, 4.69) is 20.7 Å². The van der Waals surface area contributed by atoms with Gasteiger partial charge in [-0.1, -0.05) is 11.6 Å². The van der Waals surface area contributed by atoms with Crippen molar-refractivity contribution in [3.8, 4) is 5.69 Å². The van der Waals surface area contributed by atoms with E-state index in [9.17, 15) is 4.79 Å². The maximum atomic E-state index is 12.4. The van der Waals surface area contributed by atoms with Crippen molar-refractivity contribution in [3.63, 3.8) is 0 Å². The van der Waals surface area contributed by atoms with Gasteiger partial charge in [-0.25, -0.2) is 9.67 Å². The molecule has 1 fully saturated rings. The fourth-order valence-electron chi connectivity index (χ4n) is 2.98. The average molecular weight is 388 g/mol. The number of nitrogens with zero attached hydrogens (tertiary/aromatic N) is 3. The minimum absolute atomic E-state index is 0.260. The summed E-state index contributed by atoms with van der Waals surface area (Å²) in [7, 11) is 0. The summed E-state index contributed by atoms with van der Waals surface area (Å²) in [6.45, 7) is 2.07. The number of hydrogen-bond donors (Lipinski definition) is 2. The van der Waals surface area contributed by atoms with E-state index < -0.39 is 0 Å². The van der Waals surface area contributed by atoms with Crippen molar-refractivity contribution >= 4 is 34.0 Å². The van der Waals surface area contributed by atoms with Crippen LogP contribution in [0.3, 0.4) is 0 Å². The van der Waals surface area contributed by atoms with Gasteiger partial charge in [-0.05, 0) is 62.2 Å². The van der Waals surface area contributed by atoms with Crippen LogP contribution < -0.4 is 10.6 Å². The molecule has 0 aliphatic carbocycles. The van der Waals surface area contributed by atoms with E-state index in [1.54, 1.807) is 40.4 Å². The highest BCUT2D eigenvalue weighted by Gasteiger charge is 2.19. The highest BCUT2D eigenvalue weighted by molar-refractivity contribution is 7.15. The van der Waals surface area contributed by atoms with Crippen LogP contribution in [0.5, 0.6) is 0 Å².